The minimum absolute atomic E-state index is 0. The number of benzene rings is 2. The minimum Gasteiger partial charge on any atom is -0.497 e. The Bertz CT molecular complexity index is 1170. The van der Waals surface area contributed by atoms with E-state index in [1.54, 1.807) is 7.11 Å². The summed E-state index contributed by atoms with van der Waals surface area (Å²) in [6.07, 6.45) is 4.21. The summed E-state index contributed by atoms with van der Waals surface area (Å²) in [5, 5.41) is 0. The van der Waals surface area contributed by atoms with Crippen molar-refractivity contribution < 1.29 is 18.3 Å². The van der Waals surface area contributed by atoms with Crippen LogP contribution in [-0.2, 0) is 11.3 Å². The molecule has 2 aromatic carbocycles. The first-order valence-corrected chi connectivity index (χ1v) is 15.6. The molecule has 3 aliphatic heterocycles. The zero-order valence-electron chi connectivity index (χ0n) is 25.3. The average Bonchev–Trinajstić information content (AvgIpc) is 3.52. The van der Waals surface area contributed by atoms with E-state index in [1.165, 1.54) is 5.56 Å². The highest BCUT2D eigenvalue weighted by molar-refractivity contribution is 5.86. The molecule has 0 aromatic heterocycles. The molecule has 0 radical (unpaired) electrons. The number of halogens is 4. The number of likely N-dealkylation sites (tertiary alicyclic amines) is 3. The maximum Gasteiger partial charge on any atom is 0.248 e. The highest BCUT2D eigenvalue weighted by atomic mass is 35.5. The molecule has 0 bridgehead atoms. The molecule has 1 spiro atoms. The van der Waals surface area contributed by atoms with Gasteiger partial charge in [0.2, 0.25) is 11.8 Å². The number of ether oxygens (including phenoxy) is 1. The Morgan fingerprint density at radius 1 is 0.814 bits per heavy atom. The van der Waals surface area contributed by atoms with Crippen LogP contribution in [0.25, 0.3) is 0 Å². The van der Waals surface area contributed by atoms with Gasteiger partial charge in [0.1, 0.15) is 5.75 Å². The minimum atomic E-state index is -2.46. The van der Waals surface area contributed by atoms with Crippen LogP contribution in [0.3, 0.4) is 0 Å². The van der Waals surface area contributed by atoms with Crippen molar-refractivity contribution in [2.75, 3.05) is 52.9 Å². The predicted octanol–water partition coefficient (Wildman–Crippen LogP) is 6.89. The summed E-state index contributed by atoms with van der Waals surface area (Å²) in [7, 11) is 1.67. The van der Waals surface area contributed by atoms with Gasteiger partial charge in [0.05, 0.1) is 12.5 Å². The van der Waals surface area contributed by atoms with E-state index in [0.717, 1.165) is 76.4 Å². The van der Waals surface area contributed by atoms with Crippen LogP contribution in [0.2, 0.25) is 0 Å². The number of hydrogen-bond acceptors (Lipinski definition) is 4. The van der Waals surface area contributed by atoms with E-state index in [9.17, 15) is 13.6 Å². The Balaban J connectivity index is 0.00000212. The van der Waals surface area contributed by atoms with Crippen molar-refractivity contribution >= 4 is 30.7 Å². The maximum atomic E-state index is 13.7. The largest absolute Gasteiger partial charge is 0.497 e. The topological polar surface area (TPSA) is 36.0 Å². The van der Waals surface area contributed by atoms with E-state index in [4.69, 9.17) is 4.74 Å². The number of alkyl halides is 2. The fourth-order valence-electron chi connectivity index (χ4n) is 7.97. The van der Waals surface area contributed by atoms with Crippen LogP contribution in [0.15, 0.2) is 54.6 Å². The molecule has 1 amide bonds. The van der Waals surface area contributed by atoms with Crippen molar-refractivity contribution in [1.82, 2.24) is 14.7 Å². The monoisotopic (exact) mass is 637 g/mol. The normalized spacial score (nSPS) is 25.8. The number of amides is 1. The molecule has 0 N–H and O–H groups in total. The van der Waals surface area contributed by atoms with E-state index < -0.39 is 5.92 Å². The summed E-state index contributed by atoms with van der Waals surface area (Å²) in [6.45, 7) is 7.47. The number of methoxy groups -OCH3 is 1. The molecule has 6 rings (SSSR count). The summed E-state index contributed by atoms with van der Waals surface area (Å²) in [5.41, 5.74) is 2.34. The molecule has 2 aromatic rings. The molecule has 3 saturated heterocycles. The SMILES string of the molecule is COc1ccc(CN2CCC3(CCN(C[C@H]4CN(CC5CCC(F)(F)CC5)C[C@@H]4c4ccccc4)CC3)C2=O)cc1.Cl.Cl. The van der Waals surface area contributed by atoms with Gasteiger partial charge in [0, 0.05) is 58.0 Å². The number of carbonyl (C=O) groups excluding carboxylic acids is 1. The third kappa shape index (κ3) is 7.84. The van der Waals surface area contributed by atoms with Crippen LogP contribution in [0.1, 0.15) is 62.0 Å². The van der Waals surface area contributed by atoms with Gasteiger partial charge in [0.25, 0.3) is 0 Å². The van der Waals surface area contributed by atoms with E-state index in [0.29, 0.717) is 43.0 Å². The van der Waals surface area contributed by atoms with E-state index >= 15 is 0 Å². The number of hydrogen-bond donors (Lipinski definition) is 0. The Morgan fingerprint density at radius 3 is 2.12 bits per heavy atom. The van der Waals surface area contributed by atoms with E-state index in [2.05, 4.69) is 57.2 Å². The van der Waals surface area contributed by atoms with Gasteiger partial charge in [-0.3, -0.25) is 4.79 Å². The first-order valence-electron chi connectivity index (χ1n) is 15.6. The van der Waals surface area contributed by atoms with Gasteiger partial charge < -0.3 is 19.4 Å². The quantitative estimate of drug-likeness (QED) is 0.316. The molecule has 43 heavy (non-hydrogen) atoms. The Kier molecular flexibility index (Phi) is 11.4. The van der Waals surface area contributed by atoms with Gasteiger partial charge in [-0.25, -0.2) is 8.78 Å². The van der Waals surface area contributed by atoms with Gasteiger partial charge in [-0.05, 0) is 80.3 Å². The molecule has 1 aliphatic carbocycles. The highest BCUT2D eigenvalue weighted by Crippen LogP contribution is 2.43. The van der Waals surface area contributed by atoms with Gasteiger partial charge in [-0.15, -0.1) is 24.8 Å². The average molecular weight is 639 g/mol. The van der Waals surface area contributed by atoms with Gasteiger partial charge in [0.15, 0.2) is 0 Å². The second-order valence-electron chi connectivity index (χ2n) is 13.2. The van der Waals surface area contributed by atoms with Crippen molar-refractivity contribution in [1.29, 1.82) is 0 Å². The lowest BCUT2D eigenvalue weighted by molar-refractivity contribution is -0.139. The number of carbonyl (C=O) groups is 1. The van der Waals surface area contributed by atoms with Crippen LogP contribution in [0.4, 0.5) is 8.78 Å². The summed E-state index contributed by atoms with van der Waals surface area (Å²) in [5.74, 6) is 0.0703. The Labute approximate surface area is 268 Å². The first-order chi connectivity index (χ1) is 19.8. The molecule has 4 fully saturated rings. The fourth-order valence-corrected chi connectivity index (χ4v) is 7.97. The van der Waals surface area contributed by atoms with Gasteiger partial charge in [-0.1, -0.05) is 42.5 Å². The van der Waals surface area contributed by atoms with Gasteiger partial charge >= 0.3 is 0 Å². The fraction of sp³-hybridized carbons (Fsp3) is 0.618. The predicted molar refractivity (Wildman–Crippen MR) is 172 cm³/mol. The molecule has 9 heteroatoms. The molecule has 238 valence electrons. The molecule has 0 unspecified atom stereocenters. The van der Waals surface area contributed by atoms with Crippen LogP contribution in [0.5, 0.6) is 5.75 Å². The maximum absolute atomic E-state index is 13.7. The molecule has 2 atom stereocenters. The van der Waals surface area contributed by atoms with Crippen molar-refractivity contribution in [3.63, 3.8) is 0 Å². The zero-order chi connectivity index (χ0) is 28.5. The lowest BCUT2D eigenvalue weighted by Crippen LogP contribution is -2.46. The van der Waals surface area contributed by atoms with E-state index in [1.807, 2.05) is 12.1 Å². The summed E-state index contributed by atoms with van der Waals surface area (Å²) < 4.78 is 32.7. The summed E-state index contributed by atoms with van der Waals surface area (Å²) >= 11 is 0. The van der Waals surface area contributed by atoms with Crippen LogP contribution in [0, 0.1) is 17.3 Å². The third-order valence-electron chi connectivity index (χ3n) is 10.5. The standard InChI is InChI=1S/C34H45F2N3O2.2ClH/c1-41-30-9-7-26(8-10-30)22-39-20-17-33(32(39)40)15-18-37(19-16-33)23-29-24-38(21-27-11-13-34(35,36)14-12-27)25-31(29)28-5-3-2-4-6-28;;/h2-10,27,29,31H,11-25H2,1H3;2*1H/t29-,31+;;/m0../s1. The Morgan fingerprint density at radius 2 is 1.47 bits per heavy atom. The molecule has 3 heterocycles. The highest BCUT2D eigenvalue weighted by Gasteiger charge is 2.48. The van der Waals surface area contributed by atoms with Crippen molar-refractivity contribution in [3.05, 3.63) is 65.7 Å². The van der Waals surface area contributed by atoms with Crippen molar-refractivity contribution in [3.8, 4) is 5.75 Å². The number of piperidine rings is 1. The smallest absolute Gasteiger partial charge is 0.248 e. The lowest BCUT2D eigenvalue weighted by Gasteiger charge is -2.39. The zero-order valence-corrected chi connectivity index (χ0v) is 26.9. The second-order valence-corrected chi connectivity index (χ2v) is 13.2. The summed E-state index contributed by atoms with van der Waals surface area (Å²) in [4.78, 5) is 20.8. The van der Waals surface area contributed by atoms with E-state index in [-0.39, 0.29) is 43.1 Å². The molecular formula is C34H47Cl2F2N3O2. The van der Waals surface area contributed by atoms with Crippen LogP contribution in [-0.4, -0.2) is 79.5 Å². The van der Waals surface area contributed by atoms with Crippen molar-refractivity contribution in [2.45, 2.75) is 63.3 Å². The molecular weight excluding hydrogens is 591 g/mol. The van der Waals surface area contributed by atoms with Gasteiger partial charge in [-0.2, -0.15) is 0 Å². The molecule has 5 nitrogen and oxygen atoms in total. The first kappa shape index (κ1) is 34.0. The van der Waals surface area contributed by atoms with Crippen molar-refractivity contribution in [2.24, 2.45) is 17.3 Å². The molecule has 1 saturated carbocycles. The number of nitrogens with zero attached hydrogens (tertiary/aromatic N) is 3. The Hall–Kier alpha value is -1.93. The van der Waals surface area contributed by atoms with Crippen LogP contribution < -0.4 is 4.74 Å². The second kappa shape index (κ2) is 14.4. The third-order valence-corrected chi connectivity index (χ3v) is 10.5. The summed E-state index contributed by atoms with van der Waals surface area (Å²) in [6, 6.07) is 18.9. The molecule has 4 aliphatic rings. The van der Waals surface area contributed by atoms with Crippen LogP contribution >= 0.6 is 24.8 Å². The lowest BCUT2D eigenvalue weighted by atomic mass is 9.76. The number of rotatable bonds is 8.